The Morgan fingerprint density at radius 3 is 2.71 bits per heavy atom. The van der Waals surface area contributed by atoms with Crippen molar-refractivity contribution in [2.24, 2.45) is 0 Å². The number of hydrogen-bond acceptors (Lipinski definition) is 2. The summed E-state index contributed by atoms with van der Waals surface area (Å²) in [6, 6.07) is 5.47. The normalized spacial score (nSPS) is 10.5. The van der Waals surface area contributed by atoms with Crippen molar-refractivity contribution in [3.05, 3.63) is 64.7 Å². The summed E-state index contributed by atoms with van der Waals surface area (Å²) in [7, 11) is 0. The molecule has 2 rings (SSSR count). The van der Waals surface area contributed by atoms with E-state index in [2.05, 4.69) is 10.3 Å². The number of rotatable bonds is 4. The monoisotopic (exact) mass is 294 g/mol. The highest BCUT2D eigenvalue weighted by atomic mass is 19.2. The largest absolute Gasteiger partial charge is 0.352 e. The van der Waals surface area contributed by atoms with E-state index < -0.39 is 23.2 Å². The number of aryl methyl sites for hydroxylation is 1. The molecule has 0 aliphatic carbocycles. The molecule has 0 fully saturated rings. The number of hydrogen-bond donors (Lipinski definition) is 1. The smallest absolute Gasteiger partial charge is 0.254 e. The minimum Gasteiger partial charge on any atom is -0.352 e. The first kappa shape index (κ1) is 15.0. The Hall–Kier alpha value is -2.37. The lowest BCUT2D eigenvalue weighted by Gasteiger charge is -2.08. The molecule has 21 heavy (non-hydrogen) atoms. The summed E-state index contributed by atoms with van der Waals surface area (Å²) in [5.41, 5.74) is 1.25. The Kier molecular flexibility index (Phi) is 4.57. The van der Waals surface area contributed by atoms with Crippen LogP contribution in [0.25, 0.3) is 0 Å². The highest BCUT2D eigenvalue weighted by Gasteiger charge is 2.15. The molecule has 1 aromatic carbocycles. The lowest BCUT2D eigenvalue weighted by molar-refractivity contribution is 0.0948. The zero-order valence-electron chi connectivity index (χ0n) is 11.3. The topological polar surface area (TPSA) is 42.0 Å². The van der Waals surface area contributed by atoms with Crippen molar-refractivity contribution < 1.29 is 18.0 Å². The molecule has 0 saturated carbocycles. The van der Waals surface area contributed by atoms with Crippen LogP contribution in [0.4, 0.5) is 13.2 Å². The molecule has 1 amide bonds. The second-order valence-corrected chi connectivity index (χ2v) is 4.54. The molecule has 0 unspecified atom stereocenters. The van der Waals surface area contributed by atoms with E-state index in [0.29, 0.717) is 6.42 Å². The van der Waals surface area contributed by atoms with Crippen LogP contribution in [0, 0.1) is 24.5 Å². The summed E-state index contributed by atoms with van der Waals surface area (Å²) >= 11 is 0. The van der Waals surface area contributed by atoms with Gasteiger partial charge in [-0.05, 0) is 42.7 Å². The SMILES string of the molecule is Cc1cc(F)ccc1CCNC(=O)c1ccnc(F)c1F. The highest BCUT2D eigenvalue weighted by Crippen LogP contribution is 2.11. The fraction of sp³-hybridized carbons (Fsp3) is 0.200. The molecule has 0 bridgehead atoms. The lowest BCUT2D eigenvalue weighted by atomic mass is 10.1. The Morgan fingerprint density at radius 2 is 2.00 bits per heavy atom. The number of amides is 1. The van der Waals surface area contributed by atoms with Crippen LogP contribution in [0.1, 0.15) is 21.5 Å². The quantitative estimate of drug-likeness (QED) is 0.881. The van der Waals surface area contributed by atoms with Crippen LogP contribution in [0.2, 0.25) is 0 Å². The molecule has 0 aliphatic heterocycles. The average Bonchev–Trinajstić information content (AvgIpc) is 2.44. The number of aromatic nitrogens is 1. The molecule has 0 radical (unpaired) electrons. The third-order valence-electron chi connectivity index (χ3n) is 3.08. The minimum atomic E-state index is -1.31. The zero-order chi connectivity index (χ0) is 15.4. The summed E-state index contributed by atoms with van der Waals surface area (Å²) in [5, 5.41) is 2.49. The third kappa shape index (κ3) is 3.59. The fourth-order valence-electron chi connectivity index (χ4n) is 1.94. The van der Waals surface area contributed by atoms with E-state index in [1.165, 1.54) is 12.1 Å². The number of benzene rings is 1. The maximum atomic E-state index is 13.4. The van der Waals surface area contributed by atoms with E-state index in [4.69, 9.17) is 0 Å². The van der Waals surface area contributed by atoms with Crippen molar-refractivity contribution in [1.29, 1.82) is 0 Å². The molecule has 110 valence electrons. The van der Waals surface area contributed by atoms with Gasteiger partial charge in [0.15, 0.2) is 5.82 Å². The number of carbonyl (C=O) groups excluding carboxylic acids is 1. The summed E-state index contributed by atoms with van der Waals surface area (Å²) in [4.78, 5) is 14.9. The molecule has 2 aromatic rings. The fourth-order valence-corrected chi connectivity index (χ4v) is 1.94. The van der Waals surface area contributed by atoms with E-state index >= 15 is 0 Å². The van der Waals surface area contributed by atoms with Crippen LogP contribution in [0.15, 0.2) is 30.5 Å². The number of nitrogens with one attached hydrogen (secondary N) is 1. The lowest BCUT2D eigenvalue weighted by Crippen LogP contribution is -2.27. The zero-order valence-corrected chi connectivity index (χ0v) is 11.3. The molecular weight excluding hydrogens is 281 g/mol. The van der Waals surface area contributed by atoms with Crippen LogP contribution >= 0.6 is 0 Å². The van der Waals surface area contributed by atoms with Gasteiger partial charge in [-0.25, -0.2) is 13.8 Å². The molecule has 0 aliphatic rings. The number of nitrogens with zero attached hydrogens (tertiary/aromatic N) is 1. The second-order valence-electron chi connectivity index (χ2n) is 4.54. The summed E-state index contributed by atoms with van der Waals surface area (Å²) in [6.07, 6.45) is 1.49. The number of pyridine rings is 1. The van der Waals surface area contributed by atoms with Crippen LogP contribution < -0.4 is 5.32 Å². The predicted molar refractivity (Wildman–Crippen MR) is 71.3 cm³/mol. The van der Waals surface area contributed by atoms with Gasteiger partial charge in [0.1, 0.15) is 5.82 Å². The van der Waals surface area contributed by atoms with Gasteiger partial charge in [0, 0.05) is 12.7 Å². The maximum absolute atomic E-state index is 13.4. The van der Waals surface area contributed by atoms with E-state index in [-0.39, 0.29) is 12.4 Å². The Bertz CT molecular complexity index is 674. The Balaban J connectivity index is 1.97. The maximum Gasteiger partial charge on any atom is 0.254 e. The molecule has 0 atom stereocenters. The van der Waals surface area contributed by atoms with Gasteiger partial charge in [0.25, 0.3) is 5.91 Å². The van der Waals surface area contributed by atoms with Gasteiger partial charge in [-0.3, -0.25) is 4.79 Å². The molecule has 6 heteroatoms. The van der Waals surface area contributed by atoms with Gasteiger partial charge in [0.2, 0.25) is 5.95 Å². The van der Waals surface area contributed by atoms with E-state index in [1.54, 1.807) is 13.0 Å². The van der Waals surface area contributed by atoms with Crippen molar-refractivity contribution in [2.75, 3.05) is 6.54 Å². The highest BCUT2D eigenvalue weighted by molar-refractivity contribution is 5.94. The van der Waals surface area contributed by atoms with Gasteiger partial charge in [-0.2, -0.15) is 4.39 Å². The Labute approximate surface area is 119 Å². The third-order valence-corrected chi connectivity index (χ3v) is 3.08. The van der Waals surface area contributed by atoms with Crippen molar-refractivity contribution in [2.45, 2.75) is 13.3 Å². The standard InChI is InChI=1S/C15H13F3N2O/c1-9-8-11(16)3-2-10(9)4-6-20-15(21)12-5-7-19-14(18)13(12)17/h2-3,5,7-8H,4,6H2,1H3,(H,20,21). The van der Waals surface area contributed by atoms with Crippen molar-refractivity contribution in [1.82, 2.24) is 10.3 Å². The predicted octanol–water partition coefficient (Wildman–Crippen LogP) is 2.78. The van der Waals surface area contributed by atoms with Crippen LogP contribution in [-0.4, -0.2) is 17.4 Å². The second kappa shape index (κ2) is 6.39. The number of carbonyl (C=O) groups is 1. The first-order valence-electron chi connectivity index (χ1n) is 6.32. The van der Waals surface area contributed by atoms with Crippen molar-refractivity contribution in [3.63, 3.8) is 0 Å². The van der Waals surface area contributed by atoms with Crippen LogP contribution in [-0.2, 0) is 6.42 Å². The average molecular weight is 294 g/mol. The van der Waals surface area contributed by atoms with Crippen molar-refractivity contribution in [3.8, 4) is 0 Å². The minimum absolute atomic E-state index is 0.231. The summed E-state index contributed by atoms with van der Waals surface area (Å²) < 4.78 is 39.2. The van der Waals surface area contributed by atoms with Gasteiger partial charge >= 0.3 is 0 Å². The van der Waals surface area contributed by atoms with E-state index in [9.17, 15) is 18.0 Å². The van der Waals surface area contributed by atoms with Gasteiger partial charge in [-0.1, -0.05) is 6.07 Å². The van der Waals surface area contributed by atoms with Gasteiger partial charge < -0.3 is 5.32 Å². The molecule has 1 heterocycles. The summed E-state index contributed by atoms with van der Waals surface area (Å²) in [5.74, 6) is -3.62. The van der Waals surface area contributed by atoms with Crippen LogP contribution in [0.5, 0.6) is 0 Å². The number of halogens is 3. The van der Waals surface area contributed by atoms with Gasteiger partial charge in [-0.15, -0.1) is 0 Å². The molecule has 0 spiro atoms. The molecule has 1 N–H and O–H groups in total. The Morgan fingerprint density at radius 1 is 1.24 bits per heavy atom. The first-order valence-corrected chi connectivity index (χ1v) is 6.32. The molecule has 1 aromatic heterocycles. The molecule has 3 nitrogen and oxygen atoms in total. The molecular formula is C15H13F3N2O. The van der Waals surface area contributed by atoms with Gasteiger partial charge in [0.05, 0.1) is 5.56 Å². The van der Waals surface area contributed by atoms with Crippen molar-refractivity contribution >= 4 is 5.91 Å². The summed E-state index contributed by atoms with van der Waals surface area (Å²) in [6.45, 7) is 1.99. The van der Waals surface area contributed by atoms with E-state index in [0.717, 1.165) is 23.4 Å². The molecule has 0 saturated heterocycles. The first-order chi connectivity index (χ1) is 9.99. The van der Waals surface area contributed by atoms with Crippen LogP contribution in [0.3, 0.4) is 0 Å². The van der Waals surface area contributed by atoms with E-state index in [1.807, 2.05) is 0 Å².